The van der Waals surface area contributed by atoms with Crippen molar-refractivity contribution in [1.82, 2.24) is 15.5 Å². The van der Waals surface area contributed by atoms with Crippen LogP contribution in [0.3, 0.4) is 0 Å². The Morgan fingerprint density at radius 1 is 1.33 bits per heavy atom. The molecule has 6 nitrogen and oxygen atoms in total. The average molecular weight is 277 g/mol. The molecule has 0 saturated carbocycles. The van der Waals surface area contributed by atoms with Crippen molar-refractivity contribution < 1.29 is 9.59 Å². The Morgan fingerprint density at radius 2 is 2.00 bits per heavy atom. The number of imide groups is 1. The lowest BCUT2D eigenvalue weighted by atomic mass is 10.1. The van der Waals surface area contributed by atoms with Gasteiger partial charge in [-0.25, -0.2) is 4.79 Å². The van der Waals surface area contributed by atoms with Gasteiger partial charge in [-0.3, -0.25) is 15.0 Å². The summed E-state index contributed by atoms with van der Waals surface area (Å²) in [6, 6.07) is -0.0114. The number of primary amides is 1. The predicted octanol–water partition coefficient (Wildman–Crippen LogP) is -0.182. The third-order valence-electron chi connectivity index (χ3n) is 3.73. The van der Waals surface area contributed by atoms with Crippen molar-refractivity contribution in [2.24, 2.45) is 5.73 Å². The summed E-state index contributed by atoms with van der Waals surface area (Å²) in [6.45, 7) is 3.57. The number of hydrogen-bond acceptors (Lipinski definition) is 4. The number of hydrogen-bond donors (Lipinski definition) is 3. The lowest BCUT2D eigenvalue weighted by Crippen LogP contribution is -2.50. The second-order valence-corrected chi connectivity index (χ2v) is 4.95. The molecule has 18 heavy (non-hydrogen) atoms. The molecule has 2 aliphatic rings. The van der Waals surface area contributed by atoms with E-state index in [1.807, 2.05) is 6.92 Å². The van der Waals surface area contributed by atoms with Gasteiger partial charge in [0.25, 0.3) is 0 Å². The van der Waals surface area contributed by atoms with Gasteiger partial charge in [0, 0.05) is 25.2 Å². The Bertz CT molecular complexity index is 326. The van der Waals surface area contributed by atoms with Crippen molar-refractivity contribution in [3.63, 3.8) is 0 Å². The van der Waals surface area contributed by atoms with Crippen LogP contribution in [0.15, 0.2) is 0 Å². The summed E-state index contributed by atoms with van der Waals surface area (Å²) in [4.78, 5) is 24.5. The third kappa shape index (κ3) is 3.57. The molecular formula is C11H21ClN4O2. The summed E-state index contributed by atoms with van der Waals surface area (Å²) in [7, 11) is 0. The number of fused-ring (bicyclic) bond motifs is 2. The fourth-order valence-corrected chi connectivity index (χ4v) is 2.71. The summed E-state index contributed by atoms with van der Waals surface area (Å²) in [5.74, 6) is -0.310. The highest BCUT2D eigenvalue weighted by atomic mass is 35.5. The first-order valence-electron chi connectivity index (χ1n) is 6.16. The van der Waals surface area contributed by atoms with Crippen LogP contribution < -0.4 is 16.4 Å². The van der Waals surface area contributed by atoms with Crippen LogP contribution in [0.2, 0.25) is 0 Å². The Labute approximate surface area is 113 Å². The number of likely N-dealkylation sites (tertiary alicyclic amines) is 1. The third-order valence-corrected chi connectivity index (χ3v) is 3.73. The van der Waals surface area contributed by atoms with Crippen molar-refractivity contribution in [2.75, 3.05) is 13.1 Å². The van der Waals surface area contributed by atoms with Crippen LogP contribution in [0, 0.1) is 0 Å². The van der Waals surface area contributed by atoms with Crippen molar-refractivity contribution in [2.45, 2.75) is 44.3 Å². The van der Waals surface area contributed by atoms with Crippen LogP contribution in [-0.2, 0) is 4.79 Å². The Balaban J connectivity index is 0.00000162. The predicted molar refractivity (Wildman–Crippen MR) is 70.6 cm³/mol. The first-order valence-corrected chi connectivity index (χ1v) is 6.16. The topological polar surface area (TPSA) is 87.5 Å². The summed E-state index contributed by atoms with van der Waals surface area (Å²) in [5, 5.41) is 5.69. The number of nitrogens with two attached hydrogens (primary N) is 1. The molecule has 3 unspecified atom stereocenters. The van der Waals surface area contributed by atoms with Crippen LogP contribution >= 0.6 is 12.4 Å². The molecule has 2 heterocycles. The quantitative estimate of drug-likeness (QED) is 0.653. The highest BCUT2D eigenvalue weighted by Crippen LogP contribution is 2.21. The molecule has 0 aromatic rings. The number of rotatable bonds is 2. The minimum atomic E-state index is -0.781. The fraction of sp³-hybridized carbons (Fsp3) is 0.818. The lowest BCUT2D eigenvalue weighted by Gasteiger charge is -2.28. The number of halogens is 1. The molecule has 2 bridgehead atoms. The van der Waals surface area contributed by atoms with Crippen LogP contribution in [0.1, 0.15) is 26.2 Å². The highest BCUT2D eigenvalue weighted by molar-refractivity contribution is 5.96. The first-order chi connectivity index (χ1) is 8.06. The van der Waals surface area contributed by atoms with Gasteiger partial charge in [-0.15, -0.1) is 12.4 Å². The molecule has 4 N–H and O–H groups in total. The SMILES string of the molecule is CC(C(=O)NC(N)=O)N1CCC2CCC(C1)N2.Cl. The molecule has 3 amide bonds. The van der Waals surface area contributed by atoms with E-state index in [-0.39, 0.29) is 24.4 Å². The molecule has 0 aromatic carbocycles. The highest BCUT2D eigenvalue weighted by Gasteiger charge is 2.32. The maximum absolute atomic E-state index is 11.7. The number of urea groups is 1. The largest absolute Gasteiger partial charge is 0.351 e. The van der Waals surface area contributed by atoms with Gasteiger partial charge in [-0.05, 0) is 26.2 Å². The number of carbonyl (C=O) groups excluding carboxylic acids is 2. The van der Waals surface area contributed by atoms with Crippen molar-refractivity contribution in [3.8, 4) is 0 Å². The van der Waals surface area contributed by atoms with Gasteiger partial charge in [0.1, 0.15) is 0 Å². The Morgan fingerprint density at radius 3 is 2.67 bits per heavy atom. The normalized spacial score (nSPS) is 28.9. The van der Waals surface area contributed by atoms with E-state index < -0.39 is 6.03 Å². The fourth-order valence-electron chi connectivity index (χ4n) is 2.71. The van der Waals surface area contributed by atoms with Gasteiger partial charge in [-0.2, -0.15) is 0 Å². The lowest BCUT2D eigenvalue weighted by molar-refractivity contribution is -0.124. The molecule has 0 radical (unpaired) electrons. The van der Waals surface area contributed by atoms with Gasteiger partial charge in [0.05, 0.1) is 6.04 Å². The zero-order chi connectivity index (χ0) is 12.4. The average Bonchev–Trinajstić information content (AvgIpc) is 2.56. The molecule has 2 saturated heterocycles. The maximum Gasteiger partial charge on any atom is 0.318 e. The molecule has 2 aliphatic heterocycles. The van der Waals surface area contributed by atoms with Gasteiger partial charge in [0.15, 0.2) is 0 Å². The van der Waals surface area contributed by atoms with Crippen LogP contribution in [-0.4, -0.2) is 48.1 Å². The van der Waals surface area contributed by atoms with Gasteiger partial charge >= 0.3 is 6.03 Å². The summed E-state index contributed by atoms with van der Waals surface area (Å²) in [5.41, 5.74) is 4.95. The second-order valence-electron chi connectivity index (χ2n) is 4.95. The van der Waals surface area contributed by atoms with Gasteiger partial charge in [-0.1, -0.05) is 0 Å². The van der Waals surface area contributed by atoms with Gasteiger partial charge < -0.3 is 11.1 Å². The minimum Gasteiger partial charge on any atom is -0.351 e. The standard InChI is InChI=1S/C11H20N4O2.ClH/c1-7(10(16)14-11(12)17)15-5-4-8-2-3-9(6-15)13-8;/h7-9,13H,2-6H2,1H3,(H3,12,14,16,17);1H. The van der Waals surface area contributed by atoms with E-state index in [1.165, 1.54) is 12.8 Å². The molecular weight excluding hydrogens is 256 g/mol. The van der Waals surface area contributed by atoms with E-state index in [0.29, 0.717) is 12.1 Å². The molecule has 3 atom stereocenters. The first kappa shape index (κ1) is 15.2. The van der Waals surface area contributed by atoms with Crippen LogP contribution in [0.4, 0.5) is 4.79 Å². The number of amides is 3. The van der Waals surface area contributed by atoms with E-state index in [2.05, 4.69) is 15.5 Å². The number of nitrogens with zero attached hydrogens (tertiary/aromatic N) is 1. The van der Waals surface area contributed by atoms with Crippen LogP contribution in [0.25, 0.3) is 0 Å². The van der Waals surface area contributed by atoms with Crippen molar-refractivity contribution in [1.29, 1.82) is 0 Å². The molecule has 2 rings (SSSR count). The van der Waals surface area contributed by atoms with E-state index >= 15 is 0 Å². The Kier molecular flexibility index (Phi) is 5.37. The molecule has 104 valence electrons. The van der Waals surface area contributed by atoms with Gasteiger partial charge in [0.2, 0.25) is 5.91 Å². The molecule has 0 aromatic heterocycles. The molecule has 0 spiro atoms. The monoisotopic (exact) mass is 276 g/mol. The molecule has 2 fully saturated rings. The smallest absolute Gasteiger partial charge is 0.318 e. The van der Waals surface area contributed by atoms with Crippen molar-refractivity contribution >= 4 is 24.3 Å². The zero-order valence-electron chi connectivity index (χ0n) is 10.5. The Hall–Kier alpha value is -0.850. The van der Waals surface area contributed by atoms with E-state index in [9.17, 15) is 9.59 Å². The second kappa shape index (κ2) is 6.36. The molecule has 7 heteroatoms. The molecule has 0 aliphatic carbocycles. The summed E-state index contributed by atoms with van der Waals surface area (Å²) >= 11 is 0. The maximum atomic E-state index is 11.7. The van der Waals surface area contributed by atoms with Crippen LogP contribution in [0.5, 0.6) is 0 Å². The van der Waals surface area contributed by atoms with E-state index in [0.717, 1.165) is 19.5 Å². The van der Waals surface area contributed by atoms with Crippen molar-refractivity contribution in [3.05, 3.63) is 0 Å². The van der Waals surface area contributed by atoms with E-state index in [4.69, 9.17) is 5.73 Å². The minimum absolute atomic E-state index is 0. The zero-order valence-corrected chi connectivity index (χ0v) is 11.3. The number of nitrogens with one attached hydrogen (secondary N) is 2. The summed E-state index contributed by atoms with van der Waals surface area (Å²) < 4.78 is 0. The summed E-state index contributed by atoms with van der Waals surface area (Å²) in [6.07, 6.45) is 3.47. The number of carbonyl (C=O) groups is 2. The van der Waals surface area contributed by atoms with E-state index in [1.54, 1.807) is 0 Å².